The number of fused-ring (bicyclic) bond motifs is 1. The van der Waals surface area contributed by atoms with Crippen LogP contribution in [-0.2, 0) is 6.18 Å². The van der Waals surface area contributed by atoms with Crippen molar-refractivity contribution in [3.63, 3.8) is 0 Å². The molecule has 0 saturated heterocycles. The Morgan fingerprint density at radius 3 is 2.56 bits per heavy atom. The zero-order chi connectivity index (χ0) is 24.5. The van der Waals surface area contributed by atoms with Crippen LogP contribution in [0.3, 0.4) is 0 Å². The zero-order valence-corrected chi connectivity index (χ0v) is 18.0. The van der Waals surface area contributed by atoms with Crippen LogP contribution in [0.15, 0.2) is 54.9 Å². The lowest BCUT2D eigenvalue weighted by atomic mass is 9.97. The number of benzene rings is 1. The Labute approximate surface area is 192 Å². The third kappa shape index (κ3) is 4.49. The van der Waals surface area contributed by atoms with Crippen LogP contribution in [0, 0.1) is 18.3 Å². The normalized spacial score (nSPS) is 11.2. The molecule has 0 bridgehead atoms. The first-order valence-electron chi connectivity index (χ1n) is 10.0. The summed E-state index contributed by atoms with van der Waals surface area (Å²) in [7, 11) is 1.73. The quantitative estimate of drug-likeness (QED) is 0.433. The van der Waals surface area contributed by atoms with E-state index in [-0.39, 0.29) is 11.3 Å². The fraction of sp³-hybridized carbons (Fsp3) is 0.125. The Morgan fingerprint density at radius 1 is 1.06 bits per heavy atom. The van der Waals surface area contributed by atoms with Crippen molar-refractivity contribution in [3.05, 3.63) is 77.4 Å². The van der Waals surface area contributed by atoms with Crippen LogP contribution in [0.2, 0.25) is 0 Å². The lowest BCUT2D eigenvalue weighted by Gasteiger charge is -2.13. The van der Waals surface area contributed by atoms with Crippen LogP contribution in [0.4, 0.5) is 24.7 Å². The van der Waals surface area contributed by atoms with Crippen LogP contribution in [0.5, 0.6) is 0 Å². The van der Waals surface area contributed by atoms with Gasteiger partial charge in [-0.15, -0.1) is 0 Å². The summed E-state index contributed by atoms with van der Waals surface area (Å²) in [5.74, 6) is -0.106. The summed E-state index contributed by atoms with van der Waals surface area (Å²) in [5, 5.41) is 15.9. The number of carbonyl (C=O) groups excluding carboxylic acids is 1. The summed E-state index contributed by atoms with van der Waals surface area (Å²) in [6.45, 7) is 1.84. The molecule has 3 aromatic heterocycles. The maximum Gasteiger partial charge on any atom is 0.433 e. The first kappa shape index (κ1) is 22.7. The fourth-order valence-corrected chi connectivity index (χ4v) is 3.42. The molecule has 2 N–H and O–H groups in total. The van der Waals surface area contributed by atoms with Crippen molar-refractivity contribution in [1.29, 1.82) is 5.26 Å². The molecule has 10 heteroatoms. The Bertz CT molecular complexity index is 1460. The van der Waals surface area contributed by atoms with Crippen molar-refractivity contribution >= 4 is 28.3 Å². The number of hydrogen-bond donors (Lipinski definition) is 2. The number of rotatable bonds is 4. The number of alkyl halides is 3. The average molecular weight is 462 g/mol. The van der Waals surface area contributed by atoms with Gasteiger partial charge < -0.3 is 10.6 Å². The van der Waals surface area contributed by atoms with Crippen molar-refractivity contribution in [2.75, 3.05) is 17.7 Å². The van der Waals surface area contributed by atoms with Crippen molar-refractivity contribution in [2.24, 2.45) is 0 Å². The Kier molecular flexibility index (Phi) is 5.86. The predicted octanol–water partition coefficient (Wildman–Crippen LogP) is 5.18. The molecule has 170 valence electrons. The SMILES string of the molecule is CNc1cc2nc(C#N)c(-c3cc(NC(=O)c4ccnc(C(F)(F)F)c4)ccc3C)cc2cn1. The van der Waals surface area contributed by atoms with Gasteiger partial charge >= 0.3 is 6.18 Å². The van der Waals surface area contributed by atoms with Crippen molar-refractivity contribution in [2.45, 2.75) is 13.1 Å². The predicted molar refractivity (Wildman–Crippen MR) is 121 cm³/mol. The van der Waals surface area contributed by atoms with Crippen LogP contribution in [0.25, 0.3) is 22.0 Å². The minimum atomic E-state index is -4.66. The van der Waals surface area contributed by atoms with Gasteiger partial charge in [-0.05, 0) is 48.4 Å². The molecule has 1 amide bonds. The fourth-order valence-electron chi connectivity index (χ4n) is 3.42. The summed E-state index contributed by atoms with van der Waals surface area (Å²) in [6.07, 6.45) is -2.08. The molecule has 0 fully saturated rings. The molecule has 4 aromatic rings. The molecule has 0 aliphatic heterocycles. The van der Waals surface area contributed by atoms with Gasteiger partial charge in [-0.1, -0.05) is 6.07 Å². The zero-order valence-electron chi connectivity index (χ0n) is 18.0. The number of hydrogen-bond acceptors (Lipinski definition) is 6. The third-order valence-corrected chi connectivity index (χ3v) is 5.16. The van der Waals surface area contributed by atoms with E-state index in [2.05, 4.69) is 31.7 Å². The molecule has 0 atom stereocenters. The average Bonchev–Trinajstić information content (AvgIpc) is 2.83. The van der Waals surface area contributed by atoms with E-state index in [0.29, 0.717) is 34.2 Å². The van der Waals surface area contributed by atoms with Gasteiger partial charge in [0.15, 0.2) is 0 Å². The van der Waals surface area contributed by atoms with Gasteiger partial charge in [0, 0.05) is 47.7 Å². The first-order chi connectivity index (χ1) is 16.2. The first-order valence-corrected chi connectivity index (χ1v) is 10.0. The summed E-state index contributed by atoms with van der Waals surface area (Å²) < 4.78 is 38.8. The summed E-state index contributed by atoms with van der Waals surface area (Å²) in [4.78, 5) is 24.6. The number of aryl methyl sites for hydroxylation is 1. The number of amides is 1. The van der Waals surface area contributed by atoms with E-state index < -0.39 is 17.8 Å². The Morgan fingerprint density at radius 2 is 1.85 bits per heavy atom. The second kappa shape index (κ2) is 8.78. The number of anilines is 2. The van der Waals surface area contributed by atoms with Crippen LogP contribution >= 0.6 is 0 Å². The highest BCUT2D eigenvalue weighted by atomic mass is 19.4. The van der Waals surface area contributed by atoms with Crippen molar-refractivity contribution < 1.29 is 18.0 Å². The maximum atomic E-state index is 12.9. The number of aromatic nitrogens is 3. The van der Waals surface area contributed by atoms with Crippen LogP contribution in [0.1, 0.15) is 27.3 Å². The number of pyridine rings is 3. The van der Waals surface area contributed by atoms with E-state index in [9.17, 15) is 23.2 Å². The minimum absolute atomic E-state index is 0.180. The van der Waals surface area contributed by atoms with Crippen LogP contribution in [-0.4, -0.2) is 27.9 Å². The molecule has 4 rings (SSSR count). The number of nitrogens with zero attached hydrogens (tertiary/aromatic N) is 4. The van der Waals surface area contributed by atoms with Gasteiger partial charge in [0.05, 0.1) is 5.52 Å². The Hall–Kier alpha value is -4.52. The van der Waals surface area contributed by atoms with Gasteiger partial charge in [0.25, 0.3) is 5.91 Å². The smallest absolute Gasteiger partial charge is 0.373 e. The number of carbonyl (C=O) groups is 1. The minimum Gasteiger partial charge on any atom is -0.373 e. The van der Waals surface area contributed by atoms with Gasteiger partial charge in [0.2, 0.25) is 0 Å². The molecule has 7 nitrogen and oxygen atoms in total. The van der Waals surface area contributed by atoms with Gasteiger partial charge in [0.1, 0.15) is 23.3 Å². The third-order valence-electron chi connectivity index (χ3n) is 5.16. The van der Waals surface area contributed by atoms with Crippen LogP contribution < -0.4 is 10.6 Å². The topological polar surface area (TPSA) is 104 Å². The molecule has 0 radical (unpaired) electrons. The molecule has 0 unspecified atom stereocenters. The molecule has 34 heavy (non-hydrogen) atoms. The van der Waals surface area contributed by atoms with Gasteiger partial charge in [-0.2, -0.15) is 18.4 Å². The standard InChI is InChI=1S/C24H17F3N6O/c1-13-3-4-16(32-23(34)14-5-6-30-21(8-14)24(25,26)27)9-17(13)18-7-15-12-31-22(29-2)10-19(15)33-20(18)11-28/h3-10,12H,1-2H3,(H,29,31)(H,32,34). The highest BCUT2D eigenvalue weighted by Gasteiger charge is 2.33. The molecule has 0 spiro atoms. The number of halogens is 3. The second-order valence-corrected chi connectivity index (χ2v) is 7.42. The van der Waals surface area contributed by atoms with Gasteiger partial charge in [-0.25, -0.2) is 9.97 Å². The highest BCUT2D eigenvalue weighted by Crippen LogP contribution is 2.32. The summed E-state index contributed by atoms with van der Waals surface area (Å²) >= 11 is 0. The lowest BCUT2D eigenvalue weighted by Crippen LogP contribution is -2.15. The van der Waals surface area contributed by atoms with E-state index in [4.69, 9.17) is 0 Å². The monoisotopic (exact) mass is 462 g/mol. The molecular formula is C24H17F3N6O. The van der Waals surface area contributed by atoms with Gasteiger partial charge in [-0.3, -0.25) is 9.78 Å². The lowest BCUT2D eigenvalue weighted by molar-refractivity contribution is -0.141. The molecule has 3 heterocycles. The highest BCUT2D eigenvalue weighted by molar-refractivity contribution is 6.04. The number of nitriles is 1. The largest absolute Gasteiger partial charge is 0.433 e. The molecule has 0 aliphatic rings. The maximum absolute atomic E-state index is 12.9. The Balaban J connectivity index is 1.71. The summed E-state index contributed by atoms with van der Waals surface area (Å²) in [6, 6.07) is 12.5. The van der Waals surface area contributed by atoms with E-state index in [1.165, 1.54) is 6.07 Å². The van der Waals surface area contributed by atoms with Crippen molar-refractivity contribution in [1.82, 2.24) is 15.0 Å². The number of nitrogens with one attached hydrogen (secondary N) is 2. The van der Waals surface area contributed by atoms with E-state index in [0.717, 1.165) is 17.1 Å². The summed E-state index contributed by atoms with van der Waals surface area (Å²) in [5.41, 5.74) is 1.82. The van der Waals surface area contributed by atoms with Crippen molar-refractivity contribution in [3.8, 4) is 17.2 Å². The molecule has 1 aromatic carbocycles. The van der Waals surface area contributed by atoms with E-state index in [1.54, 1.807) is 43.6 Å². The molecule has 0 aliphatic carbocycles. The molecular weight excluding hydrogens is 445 g/mol. The van der Waals surface area contributed by atoms with E-state index >= 15 is 0 Å². The second-order valence-electron chi connectivity index (χ2n) is 7.42. The van der Waals surface area contributed by atoms with E-state index in [1.807, 2.05) is 6.92 Å². The molecule has 0 saturated carbocycles.